The zero-order valence-corrected chi connectivity index (χ0v) is 10.9. The third-order valence-electron chi connectivity index (χ3n) is 3.79. The van der Waals surface area contributed by atoms with E-state index in [0.717, 1.165) is 18.5 Å². The maximum Gasteiger partial charge on any atom is 0.256 e. The molecule has 0 aromatic carbocycles. The van der Waals surface area contributed by atoms with Gasteiger partial charge in [-0.3, -0.25) is 9.59 Å². The fraction of sp³-hybridized carbons (Fsp3) is 0.615. The minimum Gasteiger partial charge on any atom is -0.381 e. The van der Waals surface area contributed by atoms with E-state index in [4.69, 9.17) is 4.74 Å². The SMILES string of the molecule is Cc1nc2c(c(=O)[nH]1)CN(C(=O)C1CCOCC1)C2. The summed E-state index contributed by atoms with van der Waals surface area (Å²) in [7, 11) is 0. The van der Waals surface area contributed by atoms with Crippen molar-refractivity contribution in [1.29, 1.82) is 0 Å². The Hall–Kier alpha value is -1.69. The number of nitrogens with zero attached hydrogens (tertiary/aromatic N) is 2. The molecule has 0 unspecified atom stereocenters. The van der Waals surface area contributed by atoms with E-state index in [1.807, 2.05) is 0 Å². The number of hydrogen-bond acceptors (Lipinski definition) is 4. The Kier molecular flexibility index (Phi) is 3.10. The summed E-state index contributed by atoms with van der Waals surface area (Å²) in [5.74, 6) is 0.755. The lowest BCUT2D eigenvalue weighted by Crippen LogP contribution is -2.35. The molecule has 2 aliphatic heterocycles. The van der Waals surface area contributed by atoms with Crippen molar-refractivity contribution in [2.24, 2.45) is 5.92 Å². The van der Waals surface area contributed by atoms with Crippen LogP contribution in [0.2, 0.25) is 0 Å². The van der Waals surface area contributed by atoms with Crippen molar-refractivity contribution in [2.75, 3.05) is 13.2 Å². The number of carbonyl (C=O) groups is 1. The van der Waals surface area contributed by atoms with Gasteiger partial charge in [-0.1, -0.05) is 0 Å². The topological polar surface area (TPSA) is 75.3 Å². The second-order valence-corrected chi connectivity index (χ2v) is 5.16. The second kappa shape index (κ2) is 4.77. The number of aromatic nitrogens is 2. The molecule has 19 heavy (non-hydrogen) atoms. The van der Waals surface area contributed by atoms with Gasteiger partial charge in [0.05, 0.1) is 24.3 Å². The predicted octanol–water partition coefficient (Wildman–Crippen LogP) is 0.347. The Morgan fingerprint density at radius 1 is 1.37 bits per heavy atom. The monoisotopic (exact) mass is 263 g/mol. The zero-order valence-electron chi connectivity index (χ0n) is 10.9. The average molecular weight is 263 g/mol. The summed E-state index contributed by atoms with van der Waals surface area (Å²) in [6.07, 6.45) is 1.54. The van der Waals surface area contributed by atoms with Crippen LogP contribution < -0.4 is 5.56 Å². The predicted molar refractivity (Wildman–Crippen MR) is 67.4 cm³/mol. The summed E-state index contributed by atoms with van der Waals surface area (Å²) < 4.78 is 5.27. The highest BCUT2D eigenvalue weighted by Crippen LogP contribution is 2.24. The number of aromatic amines is 1. The number of nitrogens with one attached hydrogen (secondary N) is 1. The van der Waals surface area contributed by atoms with Gasteiger partial charge in [-0.2, -0.15) is 0 Å². The Balaban J connectivity index is 1.78. The fourth-order valence-corrected chi connectivity index (χ4v) is 2.75. The number of fused-ring (bicyclic) bond motifs is 1. The molecule has 1 saturated heterocycles. The first-order chi connectivity index (χ1) is 9.15. The van der Waals surface area contributed by atoms with Crippen LogP contribution in [0.3, 0.4) is 0 Å². The molecular weight excluding hydrogens is 246 g/mol. The molecule has 6 nitrogen and oxygen atoms in total. The van der Waals surface area contributed by atoms with Crippen LogP contribution in [0, 0.1) is 12.8 Å². The molecule has 0 saturated carbocycles. The molecule has 0 bridgehead atoms. The minimum absolute atomic E-state index is 0.0308. The zero-order chi connectivity index (χ0) is 13.4. The lowest BCUT2D eigenvalue weighted by atomic mass is 9.99. The molecule has 3 rings (SSSR count). The number of aryl methyl sites for hydroxylation is 1. The van der Waals surface area contributed by atoms with E-state index in [1.54, 1.807) is 11.8 Å². The molecule has 1 amide bonds. The third kappa shape index (κ3) is 2.28. The van der Waals surface area contributed by atoms with Crippen LogP contribution in [0.15, 0.2) is 4.79 Å². The Labute approximate surface area is 110 Å². The van der Waals surface area contributed by atoms with Crippen molar-refractivity contribution < 1.29 is 9.53 Å². The van der Waals surface area contributed by atoms with E-state index in [1.165, 1.54) is 0 Å². The Morgan fingerprint density at radius 2 is 2.11 bits per heavy atom. The van der Waals surface area contributed by atoms with Gasteiger partial charge in [0.2, 0.25) is 5.91 Å². The fourth-order valence-electron chi connectivity index (χ4n) is 2.75. The quantitative estimate of drug-likeness (QED) is 0.793. The lowest BCUT2D eigenvalue weighted by molar-refractivity contribution is -0.139. The van der Waals surface area contributed by atoms with Gasteiger partial charge in [0.15, 0.2) is 0 Å². The highest BCUT2D eigenvalue weighted by atomic mass is 16.5. The maximum absolute atomic E-state index is 12.4. The molecule has 6 heteroatoms. The summed E-state index contributed by atoms with van der Waals surface area (Å²) >= 11 is 0. The van der Waals surface area contributed by atoms with E-state index in [9.17, 15) is 9.59 Å². The van der Waals surface area contributed by atoms with Gasteiger partial charge < -0.3 is 14.6 Å². The lowest BCUT2D eigenvalue weighted by Gasteiger charge is -2.25. The van der Waals surface area contributed by atoms with E-state index >= 15 is 0 Å². The van der Waals surface area contributed by atoms with Crippen LogP contribution in [0.1, 0.15) is 29.9 Å². The van der Waals surface area contributed by atoms with Crippen LogP contribution >= 0.6 is 0 Å². The standard InChI is InChI=1S/C13H17N3O3/c1-8-14-11-7-16(6-10(11)12(17)15-8)13(18)9-2-4-19-5-3-9/h9H,2-7H2,1H3,(H,14,15,17). The van der Waals surface area contributed by atoms with Crippen LogP contribution in [0.25, 0.3) is 0 Å². The van der Waals surface area contributed by atoms with Gasteiger partial charge in [-0.05, 0) is 19.8 Å². The highest BCUT2D eigenvalue weighted by Gasteiger charge is 2.32. The summed E-state index contributed by atoms with van der Waals surface area (Å²) in [5, 5.41) is 0. The number of hydrogen-bond donors (Lipinski definition) is 1. The molecule has 1 aromatic rings. The molecule has 1 fully saturated rings. The van der Waals surface area contributed by atoms with Crippen molar-refractivity contribution in [3.63, 3.8) is 0 Å². The molecule has 0 radical (unpaired) electrons. The molecule has 1 aromatic heterocycles. The van der Waals surface area contributed by atoms with E-state index < -0.39 is 0 Å². The van der Waals surface area contributed by atoms with Crippen molar-refractivity contribution in [3.8, 4) is 0 Å². The molecule has 102 valence electrons. The van der Waals surface area contributed by atoms with E-state index in [2.05, 4.69) is 9.97 Å². The van der Waals surface area contributed by atoms with Gasteiger partial charge in [-0.25, -0.2) is 4.98 Å². The number of ether oxygens (including phenoxy) is 1. The molecular formula is C13H17N3O3. The molecule has 0 spiro atoms. The molecule has 1 N–H and O–H groups in total. The Morgan fingerprint density at radius 3 is 2.84 bits per heavy atom. The van der Waals surface area contributed by atoms with Crippen LogP contribution in [0.4, 0.5) is 0 Å². The summed E-state index contributed by atoms with van der Waals surface area (Å²) in [4.78, 5) is 33.0. The van der Waals surface area contributed by atoms with Crippen molar-refractivity contribution in [2.45, 2.75) is 32.9 Å². The van der Waals surface area contributed by atoms with Gasteiger partial charge >= 0.3 is 0 Å². The van der Waals surface area contributed by atoms with Crippen molar-refractivity contribution in [3.05, 3.63) is 27.4 Å². The van der Waals surface area contributed by atoms with Gasteiger partial charge in [0.25, 0.3) is 5.56 Å². The van der Waals surface area contributed by atoms with Crippen LogP contribution in [-0.4, -0.2) is 34.0 Å². The molecule has 2 aliphatic rings. The van der Waals surface area contributed by atoms with E-state index in [0.29, 0.717) is 37.7 Å². The number of amides is 1. The third-order valence-corrected chi connectivity index (χ3v) is 3.79. The summed E-state index contributed by atoms with van der Waals surface area (Å²) in [5.41, 5.74) is 1.25. The first-order valence-corrected chi connectivity index (χ1v) is 6.60. The summed E-state index contributed by atoms with van der Waals surface area (Å²) in [6, 6.07) is 0. The molecule has 0 aliphatic carbocycles. The normalized spacial score (nSPS) is 19.5. The van der Waals surface area contributed by atoms with Crippen LogP contribution in [-0.2, 0) is 22.6 Å². The molecule has 0 atom stereocenters. The van der Waals surface area contributed by atoms with Crippen molar-refractivity contribution >= 4 is 5.91 Å². The van der Waals surface area contributed by atoms with Crippen LogP contribution in [0.5, 0.6) is 0 Å². The highest BCUT2D eigenvalue weighted by molar-refractivity contribution is 5.79. The number of H-pyrrole nitrogens is 1. The summed E-state index contributed by atoms with van der Waals surface area (Å²) in [6.45, 7) is 3.89. The second-order valence-electron chi connectivity index (χ2n) is 5.16. The number of rotatable bonds is 1. The number of carbonyl (C=O) groups excluding carboxylic acids is 1. The molecule has 3 heterocycles. The van der Waals surface area contributed by atoms with Gasteiger partial charge in [-0.15, -0.1) is 0 Å². The van der Waals surface area contributed by atoms with Gasteiger partial charge in [0, 0.05) is 19.1 Å². The van der Waals surface area contributed by atoms with Gasteiger partial charge in [0.1, 0.15) is 5.82 Å². The van der Waals surface area contributed by atoms with E-state index in [-0.39, 0.29) is 17.4 Å². The Bertz CT molecular complexity index is 561. The minimum atomic E-state index is -0.121. The largest absolute Gasteiger partial charge is 0.381 e. The first kappa shape index (κ1) is 12.3. The average Bonchev–Trinajstić information content (AvgIpc) is 2.83. The first-order valence-electron chi connectivity index (χ1n) is 6.60. The smallest absolute Gasteiger partial charge is 0.256 e. The van der Waals surface area contributed by atoms with Crippen molar-refractivity contribution in [1.82, 2.24) is 14.9 Å². The maximum atomic E-state index is 12.4.